The summed E-state index contributed by atoms with van der Waals surface area (Å²) < 4.78 is 0. The molecule has 0 atom stereocenters. The lowest BCUT2D eigenvalue weighted by atomic mass is 10.1. The molecule has 1 aromatic heterocycles. The molecule has 1 amide bonds. The van der Waals surface area contributed by atoms with Crippen LogP contribution in [0.4, 0.5) is 10.7 Å². The largest absolute Gasteiger partial charge is 0.396 e. The molecule has 0 bridgehead atoms. The summed E-state index contributed by atoms with van der Waals surface area (Å²) in [5, 5.41) is 6.98. The summed E-state index contributed by atoms with van der Waals surface area (Å²) >= 11 is 2.97. The van der Waals surface area contributed by atoms with E-state index >= 15 is 0 Å². The minimum absolute atomic E-state index is 0.135. The monoisotopic (exact) mass is 321 g/mol. The first-order chi connectivity index (χ1) is 10.2. The van der Waals surface area contributed by atoms with Crippen molar-refractivity contribution < 1.29 is 4.79 Å². The predicted molar refractivity (Wildman–Crippen MR) is 92.5 cm³/mol. The van der Waals surface area contributed by atoms with E-state index in [1.807, 2.05) is 24.5 Å². The molecule has 2 rings (SSSR count). The molecule has 0 aliphatic rings. The lowest BCUT2D eigenvalue weighted by Gasteiger charge is -2.06. The van der Waals surface area contributed by atoms with Crippen LogP contribution in [0.15, 0.2) is 35.2 Å². The van der Waals surface area contributed by atoms with Crippen LogP contribution in [0.25, 0.3) is 0 Å². The minimum atomic E-state index is -0.135. The molecule has 4 nitrogen and oxygen atoms in total. The summed E-state index contributed by atoms with van der Waals surface area (Å²) in [6.45, 7) is 0.810. The van der Waals surface area contributed by atoms with Gasteiger partial charge in [-0.3, -0.25) is 4.79 Å². The topological polar surface area (TPSA) is 67.2 Å². The van der Waals surface area contributed by atoms with Crippen LogP contribution >= 0.6 is 23.1 Å². The number of nitrogens with one attached hydrogen (secondary N) is 2. The Morgan fingerprint density at radius 3 is 2.67 bits per heavy atom. The van der Waals surface area contributed by atoms with E-state index in [-0.39, 0.29) is 5.91 Å². The lowest BCUT2D eigenvalue weighted by Crippen LogP contribution is -2.17. The van der Waals surface area contributed by atoms with Crippen LogP contribution in [0.3, 0.4) is 0 Å². The molecule has 4 N–H and O–H groups in total. The Hall–Kier alpha value is -1.66. The lowest BCUT2D eigenvalue weighted by molar-refractivity contribution is 0.0968. The van der Waals surface area contributed by atoms with Crippen molar-refractivity contribution in [3.8, 4) is 0 Å². The highest BCUT2D eigenvalue weighted by atomic mass is 32.2. The zero-order valence-electron chi connectivity index (χ0n) is 12.1. The molecule has 0 fully saturated rings. The average molecular weight is 321 g/mol. The van der Waals surface area contributed by atoms with Gasteiger partial charge in [0.1, 0.15) is 9.88 Å². The number of nitrogen functional groups attached to an aromatic ring is 1. The molecule has 2 aromatic rings. The maximum atomic E-state index is 11.8. The van der Waals surface area contributed by atoms with Crippen LogP contribution in [0.5, 0.6) is 0 Å². The van der Waals surface area contributed by atoms with Gasteiger partial charge in [0.25, 0.3) is 5.91 Å². The van der Waals surface area contributed by atoms with Crippen molar-refractivity contribution in [2.45, 2.75) is 11.3 Å². The number of rotatable bonds is 6. The summed E-state index contributed by atoms with van der Waals surface area (Å²) in [4.78, 5) is 13.3. The molecule has 0 unspecified atom stereocenters. The van der Waals surface area contributed by atoms with E-state index in [9.17, 15) is 4.79 Å². The normalized spacial score (nSPS) is 10.4. The number of amides is 1. The van der Waals surface area contributed by atoms with Gasteiger partial charge in [-0.2, -0.15) is 0 Å². The van der Waals surface area contributed by atoms with E-state index in [0.717, 1.165) is 22.9 Å². The quantitative estimate of drug-likeness (QED) is 0.715. The molecule has 6 heteroatoms. The van der Waals surface area contributed by atoms with Crippen molar-refractivity contribution >= 4 is 39.7 Å². The van der Waals surface area contributed by atoms with Crippen LogP contribution in [0.2, 0.25) is 0 Å². The Bertz CT molecular complexity index is 611. The molecule has 0 saturated carbocycles. The molecule has 21 heavy (non-hydrogen) atoms. The number of hydrogen-bond acceptors (Lipinski definition) is 5. The Kier molecular flexibility index (Phi) is 5.52. The molecule has 0 saturated heterocycles. The second-order valence-electron chi connectivity index (χ2n) is 4.45. The summed E-state index contributed by atoms with van der Waals surface area (Å²) in [6, 6.07) is 10.3. The maximum Gasteiger partial charge on any atom is 0.263 e. The molecule has 0 radical (unpaired) electrons. The summed E-state index contributed by atoms with van der Waals surface area (Å²) in [5.41, 5.74) is 7.91. The third-order valence-corrected chi connectivity index (χ3v) is 5.20. The molecule has 0 spiro atoms. The van der Waals surface area contributed by atoms with Gasteiger partial charge in [0.2, 0.25) is 0 Å². The molecule has 112 valence electrons. The van der Waals surface area contributed by atoms with Crippen molar-refractivity contribution in [3.05, 3.63) is 40.8 Å². The summed E-state index contributed by atoms with van der Waals surface area (Å²) in [7, 11) is 1.61. The Balaban J connectivity index is 2.07. The number of carbonyl (C=O) groups excluding carboxylic acids is 1. The van der Waals surface area contributed by atoms with E-state index in [2.05, 4.69) is 22.8 Å². The Morgan fingerprint density at radius 1 is 1.33 bits per heavy atom. The Morgan fingerprint density at radius 2 is 2.05 bits per heavy atom. The first-order valence-electron chi connectivity index (χ1n) is 6.63. The van der Waals surface area contributed by atoms with Crippen LogP contribution < -0.4 is 16.4 Å². The third-order valence-electron chi connectivity index (χ3n) is 3.08. The fourth-order valence-corrected chi connectivity index (χ4v) is 4.00. The van der Waals surface area contributed by atoms with Crippen molar-refractivity contribution in [2.75, 3.05) is 30.9 Å². The molecule has 1 aromatic carbocycles. The Labute approximate surface area is 133 Å². The van der Waals surface area contributed by atoms with E-state index in [1.54, 1.807) is 18.8 Å². The molecule has 0 aliphatic carbocycles. The number of thiophene rings is 1. The fraction of sp³-hybridized carbons (Fsp3) is 0.267. The first-order valence-corrected chi connectivity index (χ1v) is 8.67. The van der Waals surface area contributed by atoms with Crippen LogP contribution in [0, 0.1) is 0 Å². The molecule has 1 heterocycles. The van der Waals surface area contributed by atoms with Crippen LogP contribution in [-0.4, -0.2) is 25.8 Å². The number of carbonyl (C=O) groups is 1. The van der Waals surface area contributed by atoms with Gasteiger partial charge in [0.05, 0.1) is 10.6 Å². The fourth-order valence-electron chi connectivity index (χ4n) is 2.00. The smallest absolute Gasteiger partial charge is 0.263 e. The second-order valence-corrected chi connectivity index (χ2v) is 6.29. The van der Waals surface area contributed by atoms with Crippen molar-refractivity contribution in [1.29, 1.82) is 0 Å². The molecular formula is C15H19N3OS2. The first kappa shape index (κ1) is 15.7. The van der Waals surface area contributed by atoms with Crippen LogP contribution in [0.1, 0.15) is 15.2 Å². The van der Waals surface area contributed by atoms with Gasteiger partial charge in [-0.05, 0) is 18.2 Å². The van der Waals surface area contributed by atoms with Crippen molar-refractivity contribution in [3.63, 3.8) is 0 Å². The van der Waals surface area contributed by atoms with Gasteiger partial charge in [-0.1, -0.05) is 30.3 Å². The van der Waals surface area contributed by atoms with E-state index in [4.69, 9.17) is 5.73 Å². The highest BCUT2D eigenvalue weighted by Crippen LogP contribution is 2.41. The highest BCUT2D eigenvalue weighted by Gasteiger charge is 2.19. The SMILES string of the molecule is CNC(=O)c1sc(NCCc2ccccc2)c(SC)c1N. The second kappa shape index (κ2) is 7.38. The zero-order chi connectivity index (χ0) is 15.2. The summed E-state index contributed by atoms with van der Waals surface area (Å²) in [5.74, 6) is -0.135. The van der Waals surface area contributed by atoms with Gasteiger partial charge >= 0.3 is 0 Å². The zero-order valence-corrected chi connectivity index (χ0v) is 13.7. The highest BCUT2D eigenvalue weighted by molar-refractivity contribution is 7.99. The molecular weight excluding hydrogens is 302 g/mol. The van der Waals surface area contributed by atoms with Crippen molar-refractivity contribution in [2.24, 2.45) is 0 Å². The van der Waals surface area contributed by atoms with Gasteiger partial charge in [-0.15, -0.1) is 23.1 Å². The number of benzene rings is 1. The predicted octanol–water partition coefficient (Wildman–Crippen LogP) is 3.07. The van der Waals surface area contributed by atoms with E-state index < -0.39 is 0 Å². The number of hydrogen-bond donors (Lipinski definition) is 3. The van der Waals surface area contributed by atoms with Gasteiger partial charge < -0.3 is 16.4 Å². The van der Waals surface area contributed by atoms with Gasteiger partial charge in [-0.25, -0.2) is 0 Å². The minimum Gasteiger partial charge on any atom is -0.396 e. The van der Waals surface area contributed by atoms with Gasteiger partial charge in [0, 0.05) is 13.6 Å². The maximum absolute atomic E-state index is 11.8. The molecule has 0 aliphatic heterocycles. The van der Waals surface area contributed by atoms with E-state index in [1.165, 1.54) is 16.9 Å². The number of nitrogens with two attached hydrogens (primary N) is 1. The average Bonchev–Trinajstić information content (AvgIpc) is 2.83. The number of thioether (sulfide) groups is 1. The van der Waals surface area contributed by atoms with Gasteiger partial charge in [0.15, 0.2) is 0 Å². The standard InChI is InChI=1S/C15H19N3OS2/c1-17-14(19)12-11(16)13(20-2)15(21-12)18-9-8-10-6-4-3-5-7-10/h3-7,18H,8-9,16H2,1-2H3,(H,17,19). The number of anilines is 2. The third kappa shape index (κ3) is 3.71. The van der Waals surface area contributed by atoms with Crippen LogP contribution in [-0.2, 0) is 6.42 Å². The van der Waals surface area contributed by atoms with E-state index in [0.29, 0.717) is 10.6 Å². The van der Waals surface area contributed by atoms with Crippen molar-refractivity contribution in [1.82, 2.24) is 5.32 Å². The summed E-state index contributed by atoms with van der Waals surface area (Å²) in [6.07, 6.45) is 2.90.